The van der Waals surface area contributed by atoms with Crippen LogP contribution < -0.4 is 4.90 Å². The van der Waals surface area contributed by atoms with Crippen LogP contribution in [0, 0.1) is 10.8 Å². The Kier molecular flexibility index (Phi) is 4.77. The first-order valence-electron chi connectivity index (χ1n) is 7.53. The molecule has 1 atom stereocenters. The van der Waals surface area contributed by atoms with Crippen molar-refractivity contribution >= 4 is 29.1 Å². The third kappa shape index (κ3) is 3.55. The zero-order valence-electron chi connectivity index (χ0n) is 12.9. The third-order valence-electron chi connectivity index (χ3n) is 3.79. The Morgan fingerprint density at radius 3 is 2.50 bits per heavy atom. The van der Waals surface area contributed by atoms with E-state index in [1.807, 2.05) is 0 Å². The Hall–Kier alpha value is -2.45. The summed E-state index contributed by atoms with van der Waals surface area (Å²) in [6.07, 6.45) is 3.26. The summed E-state index contributed by atoms with van der Waals surface area (Å²) in [6.45, 7) is 1.10. The fraction of sp³-hybridized carbons (Fsp3) is 0.333. The first kappa shape index (κ1) is 16.4. The molecule has 9 heteroatoms. The Labute approximate surface area is 144 Å². The summed E-state index contributed by atoms with van der Waals surface area (Å²) in [7, 11) is 0. The SMILES string of the molecule is N=C(Cn1nccn1)N(C(=N)N1CC[C@@H](O)C1)c1ccc(Cl)cc1. The molecule has 0 bridgehead atoms. The lowest BCUT2D eigenvalue weighted by Gasteiger charge is -2.31. The van der Waals surface area contributed by atoms with Crippen LogP contribution in [0.5, 0.6) is 0 Å². The van der Waals surface area contributed by atoms with Crippen molar-refractivity contribution in [2.45, 2.75) is 19.1 Å². The lowest BCUT2D eigenvalue weighted by molar-refractivity contribution is 0.188. The van der Waals surface area contributed by atoms with Gasteiger partial charge in [-0.3, -0.25) is 15.7 Å². The van der Waals surface area contributed by atoms with Gasteiger partial charge in [0.15, 0.2) is 0 Å². The van der Waals surface area contributed by atoms with Crippen molar-refractivity contribution in [2.75, 3.05) is 18.0 Å². The zero-order chi connectivity index (χ0) is 17.1. The van der Waals surface area contributed by atoms with Crippen LogP contribution in [0.25, 0.3) is 0 Å². The number of aliphatic hydroxyl groups excluding tert-OH is 1. The quantitative estimate of drug-likeness (QED) is 0.575. The van der Waals surface area contributed by atoms with Crippen molar-refractivity contribution in [3.05, 3.63) is 41.7 Å². The highest BCUT2D eigenvalue weighted by Crippen LogP contribution is 2.21. The molecule has 1 aromatic heterocycles. The zero-order valence-corrected chi connectivity index (χ0v) is 13.7. The van der Waals surface area contributed by atoms with Gasteiger partial charge in [0.1, 0.15) is 12.4 Å². The molecule has 0 amide bonds. The largest absolute Gasteiger partial charge is 0.391 e. The molecule has 1 saturated heterocycles. The van der Waals surface area contributed by atoms with Gasteiger partial charge in [-0.2, -0.15) is 15.0 Å². The molecule has 126 valence electrons. The van der Waals surface area contributed by atoms with Crippen molar-refractivity contribution in [1.82, 2.24) is 19.9 Å². The Morgan fingerprint density at radius 2 is 1.92 bits per heavy atom. The second-order valence-electron chi connectivity index (χ2n) is 5.53. The van der Waals surface area contributed by atoms with E-state index >= 15 is 0 Å². The molecule has 0 radical (unpaired) electrons. The van der Waals surface area contributed by atoms with Gasteiger partial charge in [-0.1, -0.05) is 11.6 Å². The van der Waals surface area contributed by atoms with Crippen LogP contribution in [0.2, 0.25) is 5.02 Å². The maximum absolute atomic E-state index is 9.73. The van der Waals surface area contributed by atoms with Crippen molar-refractivity contribution < 1.29 is 5.11 Å². The first-order valence-corrected chi connectivity index (χ1v) is 7.91. The standard InChI is InChI=1S/C15H18ClN7O/c16-11-1-3-12(4-2-11)23(14(17)10-22-19-6-7-20-22)15(18)21-8-5-13(24)9-21/h1-4,6-7,13,17-18,24H,5,8-10H2/t13-/m1/s1. The van der Waals surface area contributed by atoms with Crippen LogP contribution in [0.3, 0.4) is 0 Å². The van der Waals surface area contributed by atoms with Crippen LogP contribution in [-0.4, -0.2) is 56.0 Å². The lowest BCUT2D eigenvalue weighted by atomic mass is 10.3. The van der Waals surface area contributed by atoms with Gasteiger partial charge in [0.05, 0.1) is 24.2 Å². The molecule has 1 aliphatic heterocycles. The van der Waals surface area contributed by atoms with Crippen molar-refractivity contribution in [1.29, 1.82) is 10.8 Å². The molecule has 0 aliphatic carbocycles. The van der Waals surface area contributed by atoms with E-state index in [0.29, 0.717) is 30.2 Å². The minimum absolute atomic E-state index is 0.133. The van der Waals surface area contributed by atoms with Crippen LogP contribution in [0.15, 0.2) is 36.7 Å². The average Bonchev–Trinajstić information content (AvgIpc) is 3.21. The van der Waals surface area contributed by atoms with E-state index in [1.54, 1.807) is 41.6 Å². The number of likely N-dealkylation sites (tertiary alicyclic amines) is 1. The number of aromatic nitrogens is 3. The maximum Gasteiger partial charge on any atom is 0.204 e. The van der Waals surface area contributed by atoms with Gasteiger partial charge < -0.3 is 10.0 Å². The van der Waals surface area contributed by atoms with Gasteiger partial charge in [0, 0.05) is 18.1 Å². The van der Waals surface area contributed by atoms with Crippen LogP contribution in [0.4, 0.5) is 5.69 Å². The van der Waals surface area contributed by atoms with Gasteiger partial charge >= 0.3 is 0 Å². The van der Waals surface area contributed by atoms with E-state index in [4.69, 9.17) is 22.4 Å². The number of aliphatic hydroxyl groups is 1. The molecule has 1 aliphatic rings. The molecule has 3 rings (SSSR count). The molecule has 0 unspecified atom stereocenters. The minimum Gasteiger partial charge on any atom is -0.391 e. The predicted octanol–water partition coefficient (Wildman–Crippen LogP) is 1.42. The molecule has 24 heavy (non-hydrogen) atoms. The number of rotatable bonds is 3. The van der Waals surface area contributed by atoms with Gasteiger partial charge in [-0.25, -0.2) is 0 Å². The van der Waals surface area contributed by atoms with E-state index in [-0.39, 0.29) is 18.3 Å². The number of amidine groups is 1. The monoisotopic (exact) mass is 347 g/mol. The highest BCUT2D eigenvalue weighted by molar-refractivity contribution is 6.30. The van der Waals surface area contributed by atoms with Gasteiger partial charge in [-0.05, 0) is 30.7 Å². The Bertz CT molecular complexity index is 716. The normalized spacial score (nSPS) is 17.1. The van der Waals surface area contributed by atoms with Gasteiger partial charge in [0.2, 0.25) is 5.96 Å². The van der Waals surface area contributed by atoms with Crippen molar-refractivity contribution in [3.8, 4) is 0 Å². The molecule has 1 aromatic carbocycles. The predicted molar refractivity (Wildman–Crippen MR) is 91.6 cm³/mol. The van der Waals surface area contributed by atoms with E-state index in [1.165, 1.54) is 9.70 Å². The van der Waals surface area contributed by atoms with Crippen LogP contribution in [0.1, 0.15) is 6.42 Å². The maximum atomic E-state index is 9.73. The number of β-amino-alcohol motifs (C(OH)–C–C–N with tert-alkyl or cyclic N) is 1. The summed E-state index contributed by atoms with van der Waals surface area (Å²) in [5, 5.41) is 35.3. The summed E-state index contributed by atoms with van der Waals surface area (Å²) < 4.78 is 0. The fourth-order valence-corrected chi connectivity index (χ4v) is 2.73. The van der Waals surface area contributed by atoms with E-state index < -0.39 is 6.10 Å². The number of anilines is 1. The van der Waals surface area contributed by atoms with E-state index in [0.717, 1.165) is 0 Å². The average molecular weight is 348 g/mol. The van der Waals surface area contributed by atoms with Crippen LogP contribution in [-0.2, 0) is 6.54 Å². The van der Waals surface area contributed by atoms with E-state index in [2.05, 4.69) is 10.2 Å². The summed E-state index contributed by atoms with van der Waals surface area (Å²) in [4.78, 5) is 4.65. The molecule has 0 spiro atoms. The summed E-state index contributed by atoms with van der Waals surface area (Å²) in [5.41, 5.74) is 0.656. The lowest BCUT2D eigenvalue weighted by Crippen LogP contribution is -2.47. The van der Waals surface area contributed by atoms with E-state index in [9.17, 15) is 5.11 Å². The van der Waals surface area contributed by atoms with Gasteiger partial charge in [-0.15, -0.1) is 0 Å². The second kappa shape index (κ2) is 6.98. The second-order valence-corrected chi connectivity index (χ2v) is 5.97. The highest BCUT2D eigenvalue weighted by Gasteiger charge is 2.28. The molecular weight excluding hydrogens is 330 g/mol. The Balaban J connectivity index is 1.86. The number of hydrogen-bond acceptors (Lipinski definition) is 5. The number of nitrogens with zero attached hydrogens (tertiary/aromatic N) is 5. The number of guanidine groups is 1. The molecule has 8 nitrogen and oxygen atoms in total. The number of halogens is 1. The van der Waals surface area contributed by atoms with Crippen LogP contribution >= 0.6 is 11.6 Å². The summed E-state index contributed by atoms with van der Waals surface area (Å²) >= 11 is 5.94. The molecule has 0 saturated carbocycles. The molecular formula is C15H18ClN7O. The number of hydrogen-bond donors (Lipinski definition) is 3. The minimum atomic E-state index is -0.445. The molecule has 1 fully saturated rings. The summed E-state index contributed by atoms with van der Waals surface area (Å²) in [6, 6.07) is 6.95. The third-order valence-corrected chi connectivity index (χ3v) is 4.04. The van der Waals surface area contributed by atoms with Crippen molar-refractivity contribution in [2.24, 2.45) is 0 Å². The topological polar surface area (TPSA) is 105 Å². The molecule has 3 N–H and O–H groups in total. The summed E-state index contributed by atoms with van der Waals surface area (Å²) in [5.74, 6) is 0.297. The van der Waals surface area contributed by atoms with Gasteiger partial charge in [0.25, 0.3) is 0 Å². The highest BCUT2D eigenvalue weighted by atomic mass is 35.5. The first-order chi connectivity index (χ1) is 11.5. The fourth-order valence-electron chi connectivity index (χ4n) is 2.60. The number of nitrogens with one attached hydrogen (secondary N) is 2. The molecule has 2 heterocycles. The molecule has 2 aromatic rings. The van der Waals surface area contributed by atoms with Crippen molar-refractivity contribution in [3.63, 3.8) is 0 Å². The number of benzene rings is 1. The smallest absolute Gasteiger partial charge is 0.204 e. The Morgan fingerprint density at radius 1 is 1.25 bits per heavy atom.